The van der Waals surface area contributed by atoms with Crippen LogP contribution in [0.4, 0.5) is 4.39 Å². The van der Waals surface area contributed by atoms with Crippen molar-refractivity contribution in [3.63, 3.8) is 0 Å². The fourth-order valence-corrected chi connectivity index (χ4v) is 2.55. The Bertz CT molecular complexity index is 436. The maximum absolute atomic E-state index is 12.7. The van der Waals surface area contributed by atoms with Crippen LogP contribution >= 0.6 is 0 Å². The molecule has 20 heavy (non-hydrogen) atoms. The van der Waals surface area contributed by atoms with Gasteiger partial charge < -0.3 is 10.4 Å². The van der Waals surface area contributed by atoms with Crippen LogP contribution in [-0.2, 0) is 11.2 Å². The number of aliphatic hydroxyl groups is 1. The van der Waals surface area contributed by atoms with Crippen LogP contribution in [0.2, 0.25) is 0 Å². The Labute approximate surface area is 118 Å². The van der Waals surface area contributed by atoms with Crippen LogP contribution in [0.1, 0.15) is 18.4 Å². The van der Waals surface area contributed by atoms with Gasteiger partial charge in [-0.25, -0.2) is 4.39 Å². The van der Waals surface area contributed by atoms with E-state index in [1.807, 2.05) is 4.90 Å². The van der Waals surface area contributed by atoms with Gasteiger partial charge in [0, 0.05) is 12.6 Å². The molecular formula is C15H21FN2O2. The van der Waals surface area contributed by atoms with E-state index in [4.69, 9.17) is 0 Å². The van der Waals surface area contributed by atoms with E-state index < -0.39 is 0 Å². The zero-order valence-corrected chi connectivity index (χ0v) is 11.5. The lowest BCUT2D eigenvalue weighted by Crippen LogP contribution is -2.41. The average molecular weight is 280 g/mol. The zero-order valence-electron chi connectivity index (χ0n) is 11.5. The molecule has 1 aromatic carbocycles. The van der Waals surface area contributed by atoms with E-state index >= 15 is 0 Å². The van der Waals surface area contributed by atoms with Gasteiger partial charge in [-0.2, -0.15) is 0 Å². The van der Waals surface area contributed by atoms with Gasteiger partial charge in [0.2, 0.25) is 5.91 Å². The molecule has 1 fully saturated rings. The number of halogens is 1. The quantitative estimate of drug-likeness (QED) is 0.815. The first-order valence-electron chi connectivity index (χ1n) is 7.05. The van der Waals surface area contributed by atoms with Crippen LogP contribution in [0, 0.1) is 5.82 Å². The van der Waals surface area contributed by atoms with Crippen molar-refractivity contribution in [2.45, 2.75) is 25.3 Å². The predicted molar refractivity (Wildman–Crippen MR) is 74.8 cm³/mol. The molecule has 1 heterocycles. The van der Waals surface area contributed by atoms with Crippen molar-refractivity contribution < 1.29 is 14.3 Å². The van der Waals surface area contributed by atoms with E-state index in [-0.39, 0.29) is 24.4 Å². The number of aliphatic hydroxyl groups excluding tert-OH is 1. The minimum atomic E-state index is -0.248. The third-order valence-electron chi connectivity index (χ3n) is 3.71. The molecule has 0 radical (unpaired) electrons. The van der Waals surface area contributed by atoms with Gasteiger partial charge in [0.25, 0.3) is 0 Å². The van der Waals surface area contributed by atoms with Crippen LogP contribution in [0.15, 0.2) is 24.3 Å². The Balaban J connectivity index is 1.68. The number of hydrogen-bond acceptors (Lipinski definition) is 3. The zero-order chi connectivity index (χ0) is 14.4. The molecule has 0 saturated carbocycles. The fraction of sp³-hybridized carbons (Fsp3) is 0.533. The fourth-order valence-electron chi connectivity index (χ4n) is 2.55. The molecule has 2 rings (SSSR count). The summed E-state index contributed by atoms with van der Waals surface area (Å²) in [5.41, 5.74) is 1.00. The highest BCUT2D eigenvalue weighted by Crippen LogP contribution is 2.15. The molecule has 0 aromatic heterocycles. The summed E-state index contributed by atoms with van der Waals surface area (Å²) in [4.78, 5) is 13.8. The van der Waals surface area contributed by atoms with Crippen molar-refractivity contribution in [1.29, 1.82) is 0 Å². The first-order valence-corrected chi connectivity index (χ1v) is 7.05. The summed E-state index contributed by atoms with van der Waals surface area (Å²) in [6.07, 6.45) is 2.68. The van der Waals surface area contributed by atoms with Crippen LogP contribution in [0.25, 0.3) is 0 Å². The maximum atomic E-state index is 12.7. The molecule has 2 N–H and O–H groups in total. The number of rotatable bonds is 6. The maximum Gasteiger partial charge on any atom is 0.234 e. The van der Waals surface area contributed by atoms with Crippen molar-refractivity contribution >= 4 is 5.91 Å². The highest BCUT2D eigenvalue weighted by atomic mass is 19.1. The normalized spacial score (nSPS) is 19.2. The standard InChI is InChI=1S/C15H21FN2O2/c16-13-5-3-12(4-6-13)7-8-17-15(20)10-18-9-1-2-14(18)11-19/h3-6,14,19H,1-2,7-11H2,(H,17,20)/t14-/m1/s1. The lowest BCUT2D eigenvalue weighted by molar-refractivity contribution is -0.122. The van der Waals surface area contributed by atoms with E-state index in [1.165, 1.54) is 12.1 Å². The Kier molecular flexibility index (Phi) is 5.49. The number of hydrogen-bond donors (Lipinski definition) is 2. The molecule has 1 amide bonds. The van der Waals surface area contributed by atoms with E-state index in [2.05, 4.69) is 5.32 Å². The predicted octanol–water partition coefficient (Wildman–Crippen LogP) is 0.941. The highest BCUT2D eigenvalue weighted by molar-refractivity contribution is 5.78. The summed E-state index contributed by atoms with van der Waals surface area (Å²) >= 11 is 0. The molecule has 0 bridgehead atoms. The Morgan fingerprint density at radius 2 is 2.15 bits per heavy atom. The molecule has 110 valence electrons. The molecule has 1 atom stereocenters. The molecule has 0 aliphatic carbocycles. The summed E-state index contributed by atoms with van der Waals surface area (Å²) in [6.45, 7) is 1.87. The Hall–Kier alpha value is -1.46. The summed E-state index contributed by atoms with van der Waals surface area (Å²) in [6, 6.07) is 6.42. The number of nitrogens with zero attached hydrogens (tertiary/aromatic N) is 1. The van der Waals surface area contributed by atoms with Gasteiger partial charge >= 0.3 is 0 Å². The Morgan fingerprint density at radius 1 is 1.40 bits per heavy atom. The van der Waals surface area contributed by atoms with Gasteiger partial charge in [0.15, 0.2) is 0 Å². The third kappa shape index (κ3) is 4.28. The molecule has 0 unspecified atom stereocenters. The van der Waals surface area contributed by atoms with Gasteiger partial charge in [-0.3, -0.25) is 9.69 Å². The lowest BCUT2D eigenvalue weighted by atomic mass is 10.1. The first-order chi connectivity index (χ1) is 9.69. The number of benzene rings is 1. The lowest BCUT2D eigenvalue weighted by Gasteiger charge is -2.21. The number of carbonyl (C=O) groups excluding carboxylic acids is 1. The molecular weight excluding hydrogens is 259 g/mol. The summed E-state index contributed by atoms with van der Waals surface area (Å²) in [5.74, 6) is -0.269. The summed E-state index contributed by atoms with van der Waals surface area (Å²) in [7, 11) is 0. The molecule has 1 saturated heterocycles. The van der Waals surface area contributed by atoms with Crippen LogP contribution in [-0.4, -0.2) is 48.2 Å². The van der Waals surface area contributed by atoms with E-state index in [0.29, 0.717) is 19.5 Å². The van der Waals surface area contributed by atoms with E-state index in [0.717, 1.165) is 24.9 Å². The van der Waals surface area contributed by atoms with Crippen molar-refractivity contribution in [2.75, 3.05) is 26.2 Å². The number of likely N-dealkylation sites (tertiary alicyclic amines) is 1. The largest absolute Gasteiger partial charge is 0.395 e. The second-order valence-corrected chi connectivity index (χ2v) is 5.18. The van der Waals surface area contributed by atoms with Gasteiger partial charge in [-0.15, -0.1) is 0 Å². The smallest absolute Gasteiger partial charge is 0.234 e. The second kappa shape index (κ2) is 7.36. The first kappa shape index (κ1) is 14.9. The van der Waals surface area contributed by atoms with Crippen LogP contribution < -0.4 is 5.32 Å². The molecule has 1 aliphatic rings. The molecule has 4 nitrogen and oxygen atoms in total. The van der Waals surface area contributed by atoms with E-state index in [1.54, 1.807) is 12.1 Å². The summed E-state index contributed by atoms with van der Waals surface area (Å²) in [5, 5.41) is 12.1. The van der Waals surface area contributed by atoms with Crippen molar-refractivity contribution in [3.8, 4) is 0 Å². The Morgan fingerprint density at radius 3 is 2.85 bits per heavy atom. The van der Waals surface area contributed by atoms with Gasteiger partial charge in [-0.05, 0) is 43.5 Å². The summed E-state index contributed by atoms with van der Waals surface area (Å²) < 4.78 is 12.7. The average Bonchev–Trinajstić information content (AvgIpc) is 2.88. The van der Waals surface area contributed by atoms with Crippen LogP contribution in [0.3, 0.4) is 0 Å². The molecule has 1 aliphatic heterocycles. The SMILES string of the molecule is O=C(CN1CCC[C@@H]1CO)NCCc1ccc(F)cc1. The highest BCUT2D eigenvalue weighted by Gasteiger charge is 2.25. The number of amides is 1. The molecule has 0 spiro atoms. The van der Waals surface area contributed by atoms with Gasteiger partial charge in [0.1, 0.15) is 5.82 Å². The topological polar surface area (TPSA) is 52.6 Å². The van der Waals surface area contributed by atoms with Crippen LogP contribution in [0.5, 0.6) is 0 Å². The molecule has 1 aromatic rings. The minimum absolute atomic E-state index is 0.0209. The monoisotopic (exact) mass is 280 g/mol. The number of carbonyl (C=O) groups is 1. The van der Waals surface area contributed by atoms with Crippen molar-refractivity contribution in [1.82, 2.24) is 10.2 Å². The second-order valence-electron chi connectivity index (χ2n) is 5.18. The van der Waals surface area contributed by atoms with Gasteiger partial charge in [0.05, 0.1) is 13.2 Å². The van der Waals surface area contributed by atoms with E-state index in [9.17, 15) is 14.3 Å². The van der Waals surface area contributed by atoms with Gasteiger partial charge in [-0.1, -0.05) is 12.1 Å². The molecule has 5 heteroatoms. The minimum Gasteiger partial charge on any atom is -0.395 e. The van der Waals surface area contributed by atoms with Crippen molar-refractivity contribution in [2.24, 2.45) is 0 Å². The van der Waals surface area contributed by atoms with Crippen molar-refractivity contribution in [3.05, 3.63) is 35.6 Å². The third-order valence-corrected chi connectivity index (χ3v) is 3.71. The number of nitrogens with one attached hydrogen (secondary N) is 1.